The third-order valence-electron chi connectivity index (χ3n) is 3.78. The van der Waals surface area contributed by atoms with Crippen molar-refractivity contribution in [3.8, 4) is 0 Å². The van der Waals surface area contributed by atoms with Crippen LogP contribution in [0.25, 0.3) is 0 Å². The summed E-state index contributed by atoms with van der Waals surface area (Å²) in [6.07, 6.45) is 6.37. The normalized spacial score (nSPS) is 11.2. The molecule has 170 valence electrons. The van der Waals surface area contributed by atoms with Gasteiger partial charge in [-0.05, 0) is 48.5 Å². The maximum Gasteiger partial charge on any atom is 0.204 e. The standard InChI is InChI=1S/C22H33N.C4H10.CH3NO/c1-7-11-21(14-18(2)16-22(4,5)6)15-19(3)23-17-20-12-9-8-10-13-20;1-4(2)3;2-1-3/h7-10,12-13,21,23H,1-3,11,14-17H2,4-6H3;4H,1-3H3;1H,(H2,2,3). The van der Waals surface area contributed by atoms with Gasteiger partial charge in [0.2, 0.25) is 6.41 Å². The zero-order chi connectivity index (χ0) is 23.6. The number of rotatable bonds is 10. The maximum atomic E-state index is 8.58. The highest BCUT2D eigenvalue weighted by Crippen LogP contribution is 2.29. The van der Waals surface area contributed by atoms with Crippen LogP contribution in [0, 0.1) is 17.3 Å². The minimum absolute atomic E-state index is 0.250. The minimum Gasteiger partial charge on any atom is -0.385 e. The van der Waals surface area contributed by atoms with Crippen LogP contribution in [0.2, 0.25) is 0 Å². The Hall–Kier alpha value is -2.29. The second-order valence-corrected chi connectivity index (χ2v) is 9.60. The lowest BCUT2D eigenvalue weighted by molar-refractivity contribution is -0.106. The molecular weight excluding hydrogens is 368 g/mol. The van der Waals surface area contributed by atoms with Gasteiger partial charge in [0.1, 0.15) is 0 Å². The first-order chi connectivity index (χ1) is 13.9. The van der Waals surface area contributed by atoms with Gasteiger partial charge in [-0.15, -0.1) is 6.58 Å². The second kappa shape index (κ2) is 17.6. The van der Waals surface area contributed by atoms with E-state index in [2.05, 4.69) is 96.6 Å². The molecule has 0 aliphatic carbocycles. The molecule has 0 radical (unpaired) electrons. The van der Waals surface area contributed by atoms with E-state index in [9.17, 15) is 0 Å². The zero-order valence-electron chi connectivity index (χ0n) is 20.3. The Labute approximate surface area is 186 Å². The second-order valence-electron chi connectivity index (χ2n) is 9.60. The van der Waals surface area contributed by atoms with Gasteiger partial charge in [0.05, 0.1) is 0 Å². The summed E-state index contributed by atoms with van der Waals surface area (Å²) in [5.41, 5.74) is 8.19. The summed E-state index contributed by atoms with van der Waals surface area (Å²) in [5.74, 6) is 1.37. The number of nitrogens with one attached hydrogen (secondary N) is 1. The molecule has 1 atom stereocenters. The zero-order valence-corrected chi connectivity index (χ0v) is 20.3. The Balaban J connectivity index is 0. The van der Waals surface area contributed by atoms with E-state index in [1.54, 1.807) is 0 Å². The van der Waals surface area contributed by atoms with Crippen LogP contribution in [-0.2, 0) is 11.3 Å². The Morgan fingerprint density at radius 3 is 2.03 bits per heavy atom. The number of hydrogen-bond donors (Lipinski definition) is 2. The molecule has 1 rings (SSSR count). The van der Waals surface area contributed by atoms with Gasteiger partial charge in [-0.25, -0.2) is 0 Å². The molecule has 1 aromatic carbocycles. The predicted molar refractivity (Wildman–Crippen MR) is 134 cm³/mol. The summed E-state index contributed by atoms with van der Waals surface area (Å²) in [4.78, 5) is 8.58. The average Bonchev–Trinajstić information content (AvgIpc) is 2.59. The first kappa shape index (κ1) is 29.9. The average molecular weight is 415 g/mol. The van der Waals surface area contributed by atoms with Crippen molar-refractivity contribution in [1.29, 1.82) is 0 Å². The molecule has 0 spiro atoms. The Kier molecular flexibility index (Phi) is 17.5. The molecule has 0 saturated heterocycles. The number of carbonyl (C=O) groups is 1. The van der Waals surface area contributed by atoms with Crippen LogP contribution in [0.5, 0.6) is 0 Å². The molecule has 0 fully saturated rings. The van der Waals surface area contributed by atoms with Crippen LogP contribution in [0.1, 0.15) is 72.8 Å². The molecule has 0 heterocycles. The third kappa shape index (κ3) is 22.0. The van der Waals surface area contributed by atoms with Crippen molar-refractivity contribution < 1.29 is 4.79 Å². The van der Waals surface area contributed by atoms with Crippen LogP contribution in [0.4, 0.5) is 0 Å². The van der Waals surface area contributed by atoms with E-state index in [4.69, 9.17) is 4.79 Å². The van der Waals surface area contributed by atoms with Gasteiger partial charge in [0.15, 0.2) is 0 Å². The Morgan fingerprint density at radius 2 is 1.60 bits per heavy atom. The molecule has 1 amide bonds. The van der Waals surface area contributed by atoms with Gasteiger partial charge in [-0.2, -0.15) is 0 Å². The highest BCUT2D eigenvalue weighted by molar-refractivity contribution is 5.42. The van der Waals surface area contributed by atoms with Crippen LogP contribution in [0.3, 0.4) is 0 Å². The monoisotopic (exact) mass is 414 g/mol. The minimum atomic E-state index is 0.250. The molecule has 0 bridgehead atoms. The number of hydrogen-bond acceptors (Lipinski definition) is 2. The van der Waals surface area contributed by atoms with Crippen LogP contribution in [-0.4, -0.2) is 6.41 Å². The Bertz CT molecular complexity index is 594. The summed E-state index contributed by atoms with van der Waals surface area (Å²) >= 11 is 0. The topological polar surface area (TPSA) is 55.1 Å². The number of nitrogens with two attached hydrogens (primary N) is 1. The van der Waals surface area contributed by atoms with Gasteiger partial charge in [-0.1, -0.05) is 96.7 Å². The Morgan fingerprint density at radius 1 is 1.10 bits per heavy atom. The van der Waals surface area contributed by atoms with Gasteiger partial charge in [0, 0.05) is 12.2 Å². The highest BCUT2D eigenvalue weighted by Gasteiger charge is 2.16. The summed E-state index contributed by atoms with van der Waals surface area (Å²) in [7, 11) is 0. The summed E-state index contributed by atoms with van der Waals surface area (Å²) in [5, 5.41) is 3.45. The first-order valence-electron chi connectivity index (χ1n) is 10.8. The number of primary amides is 1. The van der Waals surface area contributed by atoms with Crippen molar-refractivity contribution in [2.75, 3.05) is 0 Å². The van der Waals surface area contributed by atoms with Gasteiger partial charge >= 0.3 is 0 Å². The van der Waals surface area contributed by atoms with E-state index in [0.717, 1.165) is 43.8 Å². The van der Waals surface area contributed by atoms with Crippen LogP contribution in [0.15, 0.2) is 67.4 Å². The molecule has 3 N–H and O–H groups in total. The molecule has 0 aliphatic heterocycles. The van der Waals surface area contributed by atoms with Crippen molar-refractivity contribution in [2.45, 2.75) is 73.8 Å². The largest absolute Gasteiger partial charge is 0.385 e. The van der Waals surface area contributed by atoms with E-state index in [-0.39, 0.29) is 6.41 Å². The van der Waals surface area contributed by atoms with Crippen molar-refractivity contribution >= 4 is 6.41 Å². The molecule has 1 aromatic rings. The smallest absolute Gasteiger partial charge is 0.204 e. The van der Waals surface area contributed by atoms with E-state index >= 15 is 0 Å². The molecular formula is C27H46N2O. The molecule has 0 saturated carbocycles. The van der Waals surface area contributed by atoms with Crippen molar-refractivity contribution in [3.63, 3.8) is 0 Å². The fourth-order valence-electron chi connectivity index (χ4n) is 2.95. The van der Waals surface area contributed by atoms with Crippen molar-refractivity contribution in [2.24, 2.45) is 23.0 Å². The highest BCUT2D eigenvalue weighted by atomic mass is 16.1. The molecule has 0 aromatic heterocycles. The van der Waals surface area contributed by atoms with Gasteiger partial charge in [0.25, 0.3) is 0 Å². The third-order valence-corrected chi connectivity index (χ3v) is 3.78. The van der Waals surface area contributed by atoms with Crippen molar-refractivity contribution in [3.05, 3.63) is 73.0 Å². The maximum absolute atomic E-state index is 8.58. The van der Waals surface area contributed by atoms with E-state index in [1.807, 2.05) is 12.1 Å². The van der Waals surface area contributed by atoms with Crippen LogP contribution < -0.4 is 11.1 Å². The molecule has 1 unspecified atom stereocenters. The van der Waals surface area contributed by atoms with E-state index in [1.165, 1.54) is 11.1 Å². The number of benzene rings is 1. The molecule has 0 aliphatic rings. The lowest BCUT2D eigenvalue weighted by Crippen LogP contribution is -2.16. The van der Waals surface area contributed by atoms with Crippen LogP contribution >= 0.6 is 0 Å². The van der Waals surface area contributed by atoms with Gasteiger partial charge < -0.3 is 11.1 Å². The summed E-state index contributed by atoms with van der Waals surface area (Å²) in [6.45, 7) is 26.5. The molecule has 3 heteroatoms. The predicted octanol–water partition coefficient (Wildman–Crippen LogP) is 7.02. The fraction of sp³-hybridized carbons (Fsp3) is 0.519. The number of carbonyl (C=O) groups excluding carboxylic acids is 1. The lowest BCUT2D eigenvalue weighted by atomic mass is 9.83. The van der Waals surface area contributed by atoms with E-state index in [0.29, 0.717) is 11.3 Å². The fourth-order valence-corrected chi connectivity index (χ4v) is 2.95. The van der Waals surface area contributed by atoms with Gasteiger partial charge in [-0.3, -0.25) is 4.79 Å². The summed E-state index contributed by atoms with van der Waals surface area (Å²) in [6, 6.07) is 10.4. The molecule has 30 heavy (non-hydrogen) atoms. The SMILES string of the molecule is C=CCC(CC(=C)CC(C)(C)C)CC(=C)NCc1ccccc1.CC(C)C.NC=O. The number of amides is 1. The summed E-state index contributed by atoms with van der Waals surface area (Å²) < 4.78 is 0. The number of allylic oxidation sites excluding steroid dienone is 3. The molecule has 3 nitrogen and oxygen atoms in total. The first-order valence-corrected chi connectivity index (χ1v) is 10.8. The van der Waals surface area contributed by atoms with E-state index < -0.39 is 0 Å². The lowest BCUT2D eigenvalue weighted by Gasteiger charge is -2.23. The van der Waals surface area contributed by atoms with Crippen molar-refractivity contribution in [1.82, 2.24) is 5.32 Å². The quantitative estimate of drug-likeness (QED) is 0.319.